The lowest BCUT2D eigenvalue weighted by atomic mass is 10.0. The Morgan fingerprint density at radius 1 is 0.955 bits per heavy atom. The van der Waals surface area contributed by atoms with Crippen molar-refractivity contribution in [1.82, 2.24) is 9.78 Å². The third-order valence-corrected chi connectivity index (χ3v) is 4.39. The monoisotopic (exact) mass is 303 g/mol. The molecule has 124 valence electrons. The Morgan fingerprint density at radius 3 is 1.95 bits per heavy atom. The van der Waals surface area contributed by atoms with Gasteiger partial charge in [-0.2, -0.15) is 10.4 Å². The second kappa shape index (κ2) is 12.3. The van der Waals surface area contributed by atoms with Gasteiger partial charge in [0.25, 0.3) is 0 Å². The normalized spacial score (nSPS) is 11.0. The Labute approximate surface area is 136 Å². The quantitative estimate of drug-likeness (QED) is 0.418. The van der Waals surface area contributed by atoms with Crippen molar-refractivity contribution in [2.45, 2.75) is 96.9 Å². The molecule has 0 aliphatic heterocycles. The molecule has 0 amide bonds. The maximum absolute atomic E-state index is 8.98. The standard InChI is InChI=1S/C19H33N3/c1-3-5-7-9-11-13-19(14-12-10-8-6-4-2)22-17-18(15-20)16-21-22/h16-17,19H,3-14H2,1-2H3. The number of hydrogen-bond acceptors (Lipinski definition) is 2. The van der Waals surface area contributed by atoms with E-state index in [4.69, 9.17) is 5.26 Å². The van der Waals surface area contributed by atoms with E-state index < -0.39 is 0 Å². The Balaban J connectivity index is 2.40. The van der Waals surface area contributed by atoms with Gasteiger partial charge in [-0.15, -0.1) is 0 Å². The highest BCUT2D eigenvalue weighted by atomic mass is 15.3. The van der Waals surface area contributed by atoms with Crippen LogP contribution in [0.5, 0.6) is 0 Å². The molecule has 3 nitrogen and oxygen atoms in total. The molecule has 0 saturated carbocycles. The molecule has 0 fully saturated rings. The summed E-state index contributed by atoms with van der Waals surface area (Å²) in [6, 6.07) is 2.66. The van der Waals surface area contributed by atoms with Crippen LogP contribution in [0.1, 0.15) is 103 Å². The van der Waals surface area contributed by atoms with Gasteiger partial charge in [-0.1, -0.05) is 78.1 Å². The highest BCUT2D eigenvalue weighted by Gasteiger charge is 2.12. The second-order valence-electron chi connectivity index (χ2n) is 6.38. The summed E-state index contributed by atoms with van der Waals surface area (Å²) in [7, 11) is 0. The molecule has 0 atom stereocenters. The fourth-order valence-electron chi connectivity index (χ4n) is 2.97. The van der Waals surface area contributed by atoms with Crippen LogP contribution in [-0.2, 0) is 0 Å². The lowest BCUT2D eigenvalue weighted by Gasteiger charge is -2.17. The summed E-state index contributed by atoms with van der Waals surface area (Å²) in [6.07, 6.45) is 19.2. The Kier molecular flexibility index (Phi) is 10.5. The third-order valence-electron chi connectivity index (χ3n) is 4.39. The summed E-state index contributed by atoms with van der Waals surface area (Å²) in [6.45, 7) is 4.51. The zero-order valence-corrected chi connectivity index (χ0v) is 14.6. The van der Waals surface area contributed by atoms with Gasteiger partial charge in [0.2, 0.25) is 0 Å². The number of hydrogen-bond donors (Lipinski definition) is 0. The van der Waals surface area contributed by atoms with E-state index >= 15 is 0 Å². The van der Waals surface area contributed by atoms with Gasteiger partial charge in [0.05, 0.1) is 17.8 Å². The molecule has 1 heterocycles. The van der Waals surface area contributed by atoms with Crippen LogP contribution in [0.15, 0.2) is 12.4 Å². The van der Waals surface area contributed by atoms with Crippen LogP contribution in [0, 0.1) is 11.3 Å². The van der Waals surface area contributed by atoms with Gasteiger partial charge in [-0.25, -0.2) is 0 Å². The van der Waals surface area contributed by atoms with Gasteiger partial charge < -0.3 is 0 Å². The van der Waals surface area contributed by atoms with Crippen LogP contribution >= 0.6 is 0 Å². The Bertz CT molecular complexity index is 403. The van der Waals surface area contributed by atoms with Crippen LogP contribution in [0.2, 0.25) is 0 Å². The van der Waals surface area contributed by atoms with Crippen molar-refractivity contribution in [1.29, 1.82) is 5.26 Å². The maximum atomic E-state index is 8.98. The first-order valence-electron chi connectivity index (χ1n) is 9.26. The predicted octanol–water partition coefficient (Wildman–Crippen LogP) is 6.02. The lowest BCUT2D eigenvalue weighted by Crippen LogP contribution is -2.10. The van der Waals surface area contributed by atoms with Crippen LogP contribution in [0.4, 0.5) is 0 Å². The summed E-state index contributed by atoms with van der Waals surface area (Å²) >= 11 is 0. The molecule has 1 aromatic heterocycles. The average molecular weight is 303 g/mol. The molecular formula is C19H33N3. The molecule has 0 bridgehead atoms. The summed E-state index contributed by atoms with van der Waals surface area (Å²) in [5, 5.41) is 13.4. The topological polar surface area (TPSA) is 41.6 Å². The van der Waals surface area contributed by atoms with Gasteiger partial charge in [0.1, 0.15) is 6.07 Å². The minimum Gasteiger partial charge on any atom is -0.268 e. The Hall–Kier alpha value is -1.30. The van der Waals surface area contributed by atoms with E-state index in [9.17, 15) is 0 Å². The molecule has 22 heavy (non-hydrogen) atoms. The second-order valence-corrected chi connectivity index (χ2v) is 6.38. The molecule has 0 spiro atoms. The zero-order chi connectivity index (χ0) is 16.0. The Morgan fingerprint density at radius 2 is 1.50 bits per heavy atom. The van der Waals surface area contributed by atoms with Gasteiger partial charge in [0.15, 0.2) is 0 Å². The van der Waals surface area contributed by atoms with Crippen molar-refractivity contribution >= 4 is 0 Å². The highest BCUT2D eigenvalue weighted by molar-refractivity contribution is 5.21. The first kappa shape index (κ1) is 18.7. The third kappa shape index (κ3) is 7.64. The fraction of sp³-hybridized carbons (Fsp3) is 0.789. The average Bonchev–Trinajstić information content (AvgIpc) is 3.01. The first-order valence-corrected chi connectivity index (χ1v) is 9.26. The highest BCUT2D eigenvalue weighted by Crippen LogP contribution is 2.23. The predicted molar refractivity (Wildman–Crippen MR) is 92.7 cm³/mol. The number of rotatable bonds is 13. The summed E-state index contributed by atoms with van der Waals surface area (Å²) in [4.78, 5) is 0. The largest absolute Gasteiger partial charge is 0.268 e. The van der Waals surface area contributed by atoms with Crippen molar-refractivity contribution in [2.24, 2.45) is 0 Å². The SMILES string of the molecule is CCCCCCCC(CCCCCCC)n1cc(C#N)cn1. The van der Waals surface area contributed by atoms with E-state index in [1.54, 1.807) is 6.20 Å². The molecule has 1 rings (SSSR count). The minimum atomic E-state index is 0.477. The molecular weight excluding hydrogens is 270 g/mol. The zero-order valence-electron chi connectivity index (χ0n) is 14.6. The van der Waals surface area contributed by atoms with E-state index in [1.807, 2.05) is 10.9 Å². The number of aromatic nitrogens is 2. The van der Waals surface area contributed by atoms with Crippen LogP contribution in [0.3, 0.4) is 0 Å². The molecule has 1 aromatic rings. The van der Waals surface area contributed by atoms with Crippen LogP contribution in [-0.4, -0.2) is 9.78 Å². The van der Waals surface area contributed by atoms with Gasteiger partial charge >= 0.3 is 0 Å². The van der Waals surface area contributed by atoms with Crippen molar-refractivity contribution in [3.05, 3.63) is 18.0 Å². The summed E-state index contributed by atoms with van der Waals surface area (Å²) in [5.41, 5.74) is 0.682. The molecule has 3 heteroatoms. The van der Waals surface area contributed by atoms with Gasteiger partial charge in [-0.05, 0) is 12.8 Å². The molecule has 0 radical (unpaired) electrons. The van der Waals surface area contributed by atoms with Crippen molar-refractivity contribution < 1.29 is 0 Å². The summed E-state index contributed by atoms with van der Waals surface area (Å²) < 4.78 is 2.04. The minimum absolute atomic E-state index is 0.477. The van der Waals surface area contributed by atoms with Crippen LogP contribution in [0.25, 0.3) is 0 Å². The van der Waals surface area contributed by atoms with E-state index in [-0.39, 0.29) is 0 Å². The van der Waals surface area contributed by atoms with E-state index in [1.165, 1.54) is 77.0 Å². The van der Waals surface area contributed by atoms with Crippen LogP contribution < -0.4 is 0 Å². The molecule has 0 unspecified atom stereocenters. The smallest absolute Gasteiger partial charge is 0.102 e. The number of nitrogens with zero attached hydrogens (tertiary/aromatic N) is 3. The van der Waals surface area contributed by atoms with E-state index in [0.29, 0.717) is 11.6 Å². The molecule has 0 aliphatic carbocycles. The fourth-order valence-corrected chi connectivity index (χ4v) is 2.97. The van der Waals surface area contributed by atoms with Crippen molar-refractivity contribution in [3.63, 3.8) is 0 Å². The molecule has 0 aliphatic rings. The number of nitriles is 1. The van der Waals surface area contributed by atoms with Crippen molar-refractivity contribution in [3.8, 4) is 6.07 Å². The van der Waals surface area contributed by atoms with E-state index in [2.05, 4.69) is 25.0 Å². The summed E-state index contributed by atoms with van der Waals surface area (Å²) in [5.74, 6) is 0. The van der Waals surface area contributed by atoms with Crippen molar-refractivity contribution in [2.75, 3.05) is 0 Å². The molecule has 0 N–H and O–H groups in total. The van der Waals surface area contributed by atoms with Gasteiger partial charge in [0, 0.05) is 6.20 Å². The van der Waals surface area contributed by atoms with Gasteiger partial charge in [-0.3, -0.25) is 4.68 Å². The number of unbranched alkanes of at least 4 members (excludes halogenated alkanes) is 8. The first-order chi connectivity index (χ1) is 10.8. The maximum Gasteiger partial charge on any atom is 0.102 e. The molecule has 0 saturated heterocycles. The molecule has 0 aromatic carbocycles. The lowest BCUT2D eigenvalue weighted by molar-refractivity contribution is 0.367. The van der Waals surface area contributed by atoms with E-state index in [0.717, 1.165) is 0 Å².